The molecular formula is C12H20N2O. The molecule has 3 aliphatic heterocycles. The molecule has 3 heterocycles. The highest BCUT2D eigenvalue weighted by Crippen LogP contribution is 2.44. The van der Waals surface area contributed by atoms with Gasteiger partial charge in [0.05, 0.1) is 0 Å². The van der Waals surface area contributed by atoms with Crippen LogP contribution in [0, 0.1) is 23.7 Å². The van der Waals surface area contributed by atoms with Crippen molar-refractivity contribution in [2.24, 2.45) is 23.7 Å². The van der Waals surface area contributed by atoms with E-state index in [9.17, 15) is 4.79 Å². The lowest BCUT2D eigenvalue weighted by Crippen LogP contribution is -2.63. The highest BCUT2D eigenvalue weighted by molar-refractivity contribution is 5.82. The fraction of sp³-hybridized carbons (Fsp3) is 0.917. The summed E-state index contributed by atoms with van der Waals surface area (Å²) in [5.41, 5.74) is 0. The Morgan fingerprint density at radius 3 is 2.93 bits per heavy atom. The summed E-state index contributed by atoms with van der Waals surface area (Å²) in [4.78, 5) is 11.8. The molecular weight excluding hydrogens is 188 g/mol. The minimum atomic E-state index is 0.294. The first-order valence-electron chi connectivity index (χ1n) is 6.20. The molecule has 3 heteroatoms. The van der Waals surface area contributed by atoms with Crippen LogP contribution in [0.2, 0.25) is 0 Å². The lowest BCUT2D eigenvalue weighted by molar-refractivity contribution is -0.136. The molecule has 84 valence electrons. The topological polar surface area (TPSA) is 41.1 Å². The van der Waals surface area contributed by atoms with Crippen LogP contribution in [-0.4, -0.2) is 24.5 Å². The van der Waals surface area contributed by atoms with E-state index >= 15 is 0 Å². The Morgan fingerprint density at radius 1 is 1.40 bits per heavy atom. The van der Waals surface area contributed by atoms with Gasteiger partial charge in [-0.1, -0.05) is 13.8 Å². The first kappa shape index (κ1) is 9.64. The number of carbonyl (C=O) groups excluding carboxylic acids is 1. The standard InChI is InChI=1S/C12H20N2O/c1-6(2)3-8-9-4-7-5-13-11(8)10(7)14-12(9)15/h6-11,13H,3-5H2,1-2H3,(H,14,15). The number of piperidine rings is 2. The molecule has 3 saturated heterocycles. The molecule has 4 aliphatic rings. The van der Waals surface area contributed by atoms with Gasteiger partial charge < -0.3 is 10.6 Å². The van der Waals surface area contributed by atoms with E-state index in [1.807, 2.05) is 0 Å². The van der Waals surface area contributed by atoms with E-state index in [0.29, 0.717) is 41.7 Å². The van der Waals surface area contributed by atoms with Crippen LogP contribution >= 0.6 is 0 Å². The average molecular weight is 208 g/mol. The van der Waals surface area contributed by atoms with Gasteiger partial charge in [-0.15, -0.1) is 0 Å². The van der Waals surface area contributed by atoms with Gasteiger partial charge in [0.1, 0.15) is 0 Å². The van der Waals surface area contributed by atoms with Crippen LogP contribution in [0.3, 0.4) is 0 Å². The van der Waals surface area contributed by atoms with Crippen molar-refractivity contribution in [1.82, 2.24) is 10.6 Å². The highest BCUT2D eigenvalue weighted by atomic mass is 16.2. The van der Waals surface area contributed by atoms with E-state index in [-0.39, 0.29) is 0 Å². The Hall–Kier alpha value is -0.570. The molecule has 0 aromatic heterocycles. The molecule has 15 heavy (non-hydrogen) atoms. The monoisotopic (exact) mass is 208 g/mol. The van der Waals surface area contributed by atoms with Crippen molar-refractivity contribution in [3.05, 3.63) is 0 Å². The second-order valence-corrected chi connectivity index (χ2v) is 5.86. The molecule has 5 unspecified atom stereocenters. The molecule has 3 nitrogen and oxygen atoms in total. The van der Waals surface area contributed by atoms with Crippen LogP contribution in [0.5, 0.6) is 0 Å². The van der Waals surface area contributed by atoms with Crippen LogP contribution in [-0.2, 0) is 4.79 Å². The fourth-order valence-electron chi connectivity index (χ4n) is 3.87. The summed E-state index contributed by atoms with van der Waals surface area (Å²) in [6.07, 6.45) is 2.32. The average Bonchev–Trinajstić information content (AvgIpc) is 2.47. The Bertz CT molecular complexity index is 289. The summed E-state index contributed by atoms with van der Waals surface area (Å²) in [5.74, 6) is 2.61. The number of carbonyl (C=O) groups is 1. The number of hydrogen-bond acceptors (Lipinski definition) is 2. The van der Waals surface area contributed by atoms with Gasteiger partial charge in [0, 0.05) is 24.5 Å². The van der Waals surface area contributed by atoms with Crippen molar-refractivity contribution in [1.29, 1.82) is 0 Å². The lowest BCUT2D eigenvalue weighted by atomic mass is 9.65. The molecule has 0 radical (unpaired) electrons. The van der Waals surface area contributed by atoms with E-state index in [4.69, 9.17) is 0 Å². The van der Waals surface area contributed by atoms with Crippen LogP contribution in [0.15, 0.2) is 0 Å². The van der Waals surface area contributed by atoms with Crippen molar-refractivity contribution in [3.63, 3.8) is 0 Å². The van der Waals surface area contributed by atoms with Crippen molar-refractivity contribution in [3.8, 4) is 0 Å². The third-order valence-corrected chi connectivity index (χ3v) is 4.43. The molecule has 0 aromatic rings. The third kappa shape index (κ3) is 1.32. The predicted molar refractivity (Wildman–Crippen MR) is 58.3 cm³/mol. The minimum Gasteiger partial charge on any atom is -0.351 e. The van der Waals surface area contributed by atoms with Crippen molar-refractivity contribution >= 4 is 5.91 Å². The van der Waals surface area contributed by atoms with Crippen LogP contribution in [0.4, 0.5) is 0 Å². The highest BCUT2D eigenvalue weighted by Gasteiger charge is 2.55. The second-order valence-electron chi connectivity index (χ2n) is 5.86. The molecule has 0 spiro atoms. The molecule has 4 rings (SSSR count). The van der Waals surface area contributed by atoms with Crippen molar-refractivity contribution in [2.75, 3.05) is 6.54 Å². The van der Waals surface area contributed by atoms with Gasteiger partial charge in [0.15, 0.2) is 0 Å². The zero-order valence-electron chi connectivity index (χ0n) is 9.49. The first-order valence-corrected chi connectivity index (χ1v) is 6.20. The van der Waals surface area contributed by atoms with Gasteiger partial charge in [-0.3, -0.25) is 4.79 Å². The first-order chi connectivity index (χ1) is 7.16. The van der Waals surface area contributed by atoms with Crippen molar-refractivity contribution < 1.29 is 4.79 Å². The zero-order chi connectivity index (χ0) is 10.6. The molecule has 5 atom stereocenters. The Balaban J connectivity index is 1.85. The summed E-state index contributed by atoms with van der Waals surface area (Å²) in [6, 6.07) is 1.00. The Labute approximate surface area is 91.0 Å². The van der Waals surface area contributed by atoms with Gasteiger partial charge in [0.25, 0.3) is 0 Å². The summed E-state index contributed by atoms with van der Waals surface area (Å²) in [6.45, 7) is 5.62. The van der Waals surface area contributed by atoms with E-state index in [1.54, 1.807) is 0 Å². The number of amides is 1. The van der Waals surface area contributed by atoms with Gasteiger partial charge in [-0.2, -0.15) is 0 Å². The number of nitrogens with one attached hydrogen (secondary N) is 2. The van der Waals surface area contributed by atoms with Crippen LogP contribution < -0.4 is 10.6 Å². The zero-order valence-corrected chi connectivity index (χ0v) is 9.49. The second kappa shape index (κ2) is 3.21. The molecule has 1 saturated carbocycles. The minimum absolute atomic E-state index is 0.294. The Morgan fingerprint density at radius 2 is 2.20 bits per heavy atom. The quantitative estimate of drug-likeness (QED) is 0.703. The van der Waals surface area contributed by atoms with E-state index < -0.39 is 0 Å². The van der Waals surface area contributed by atoms with E-state index in [1.165, 1.54) is 6.42 Å². The molecule has 1 aliphatic carbocycles. The normalized spacial score (nSPS) is 47.4. The SMILES string of the molecule is CC(C)CC1C2CC3CNC1C3NC2=O. The number of hydrogen-bond donors (Lipinski definition) is 2. The van der Waals surface area contributed by atoms with E-state index in [2.05, 4.69) is 24.5 Å². The van der Waals surface area contributed by atoms with Crippen molar-refractivity contribution in [2.45, 2.75) is 38.8 Å². The summed E-state index contributed by atoms with van der Waals surface area (Å²) in [7, 11) is 0. The smallest absolute Gasteiger partial charge is 0.223 e. The summed E-state index contributed by atoms with van der Waals surface area (Å²) in [5, 5.41) is 6.79. The Kier molecular flexibility index (Phi) is 2.06. The van der Waals surface area contributed by atoms with Gasteiger partial charge in [0.2, 0.25) is 5.91 Å². The molecule has 1 amide bonds. The molecule has 4 bridgehead atoms. The maximum Gasteiger partial charge on any atom is 0.223 e. The van der Waals surface area contributed by atoms with Gasteiger partial charge in [-0.25, -0.2) is 0 Å². The maximum absolute atomic E-state index is 11.8. The fourth-order valence-corrected chi connectivity index (χ4v) is 3.87. The molecule has 2 N–H and O–H groups in total. The molecule has 4 fully saturated rings. The summed E-state index contributed by atoms with van der Waals surface area (Å²) >= 11 is 0. The maximum atomic E-state index is 11.8. The largest absolute Gasteiger partial charge is 0.351 e. The van der Waals surface area contributed by atoms with Gasteiger partial charge >= 0.3 is 0 Å². The number of rotatable bonds is 2. The van der Waals surface area contributed by atoms with Crippen LogP contribution in [0.25, 0.3) is 0 Å². The lowest BCUT2D eigenvalue weighted by Gasteiger charge is -2.47. The molecule has 0 aromatic carbocycles. The van der Waals surface area contributed by atoms with E-state index in [0.717, 1.165) is 13.0 Å². The summed E-state index contributed by atoms with van der Waals surface area (Å²) < 4.78 is 0. The van der Waals surface area contributed by atoms with Crippen LogP contribution in [0.1, 0.15) is 26.7 Å². The number of fused-ring (bicyclic) bond motifs is 1. The predicted octanol–water partition coefficient (Wildman–Crippen LogP) is 0.755. The van der Waals surface area contributed by atoms with Gasteiger partial charge in [-0.05, 0) is 30.6 Å². The third-order valence-electron chi connectivity index (χ3n) is 4.43.